The summed E-state index contributed by atoms with van der Waals surface area (Å²) in [6.07, 6.45) is 7.54. The molecule has 2 N–H and O–H groups in total. The van der Waals surface area contributed by atoms with E-state index < -0.39 is 35.0 Å². The van der Waals surface area contributed by atoms with Gasteiger partial charge in [-0.3, -0.25) is 29.5 Å². The quantitative estimate of drug-likeness (QED) is 0.264. The van der Waals surface area contributed by atoms with Gasteiger partial charge >= 0.3 is 0 Å². The number of aryl methyl sites for hydroxylation is 1. The Morgan fingerprint density at radius 2 is 1.55 bits per heavy atom. The van der Waals surface area contributed by atoms with Crippen molar-refractivity contribution in [2.24, 2.45) is 23.7 Å². The number of amides is 4. The zero-order chi connectivity index (χ0) is 32.4. The van der Waals surface area contributed by atoms with Crippen LogP contribution in [0.2, 0.25) is 0 Å². The van der Waals surface area contributed by atoms with Crippen molar-refractivity contribution in [3.05, 3.63) is 107 Å². The second-order valence-corrected chi connectivity index (χ2v) is 14.0. The minimum Gasteiger partial charge on any atom is -0.508 e. The molecule has 2 saturated carbocycles. The van der Waals surface area contributed by atoms with Gasteiger partial charge in [0.25, 0.3) is 11.8 Å². The van der Waals surface area contributed by atoms with Gasteiger partial charge in [0.15, 0.2) is 0 Å². The molecule has 3 aliphatic carbocycles. The Labute approximate surface area is 274 Å². The molecule has 240 valence electrons. The molecule has 0 spiro atoms. The topological polar surface area (TPSA) is 107 Å². The van der Waals surface area contributed by atoms with Gasteiger partial charge in [-0.1, -0.05) is 91.1 Å². The monoisotopic (exact) mass is 629 g/mol. The molecule has 0 bridgehead atoms. The van der Waals surface area contributed by atoms with E-state index in [2.05, 4.69) is 11.5 Å². The van der Waals surface area contributed by atoms with Crippen LogP contribution < -0.4 is 5.43 Å². The van der Waals surface area contributed by atoms with E-state index in [1.54, 1.807) is 23.1 Å². The fourth-order valence-electron chi connectivity index (χ4n) is 9.55. The highest BCUT2D eigenvalue weighted by molar-refractivity contribution is 6.13. The summed E-state index contributed by atoms with van der Waals surface area (Å²) in [7, 11) is 0. The van der Waals surface area contributed by atoms with E-state index >= 15 is 4.79 Å². The number of rotatable bonds is 5. The summed E-state index contributed by atoms with van der Waals surface area (Å²) in [6, 6.07) is 23.8. The van der Waals surface area contributed by atoms with Crippen LogP contribution in [-0.2, 0) is 24.6 Å². The van der Waals surface area contributed by atoms with Crippen molar-refractivity contribution in [3.63, 3.8) is 0 Å². The highest BCUT2D eigenvalue weighted by atomic mass is 16.3. The molecular weight excluding hydrogens is 590 g/mol. The minimum absolute atomic E-state index is 0.0562. The van der Waals surface area contributed by atoms with Gasteiger partial charge in [-0.25, -0.2) is 0 Å². The predicted molar refractivity (Wildman–Crippen MR) is 176 cm³/mol. The second-order valence-electron chi connectivity index (χ2n) is 14.0. The molecule has 47 heavy (non-hydrogen) atoms. The number of allylic oxidation sites excluding steroid dienone is 2. The van der Waals surface area contributed by atoms with Gasteiger partial charge < -0.3 is 5.11 Å². The molecule has 2 saturated heterocycles. The number of carbonyl (C=O) groups is 4. The number of hydrogen-bond acceptors (Lipinski definition) is 6. The van der Waals surface area contributed by atoms with Crippen LogP contribution in [-0.4, -0.2) is 44.7 Å². The Morgan fingerprint density at radius 3 is 2.28 bits per heavy atom. The first kappa shape index (κ1) is 29.7. The molecule has 2 heterocycles. The molecule has 8 heteroatoms. The van der Waals surface area contributed by atoms with E-state index in [1.165, 1.54) is 5.01 Å². The van der Waals surface area contributed by atoms with Crippen molar-refractivity contribution >= 4 is 29.3 Å². The van der Waals surface area contributed by atoms with Crippen molar-refractivity contribution in [1.82, 2.24) is 9.91 Å². The Morgan fingerprint density at radius 1 is 0.809 bits per heavy atom. The van der Waals surface area contributed by atoms with E-state index in [-0.39, 0.29) is 41.8 Å². The maximum Gasteiger partial charge on any atom is 0.260 e. The van der Waals surface area contributed by atoms with E-state index in [0.29, 0.717) is 23.2 Å². The maximum atomic E-state index is 15.1. The standard InChI is InChI=1S/C39H39N3O5/c1-23-15-17-26(18-16-23)40-42-36(45)32-22-31-29(19-20-30-33(31)37(46)41(35(30)44)27-12-6-3-7-13-27)34(24-9-8-14-28(43)21-24)39(32,38(42)47)25-10-4-2-5-11-25/h2,4-5,8-11,14-19,21,27,30-34,40,43H,3,6-7,12-13,20,22H2,1H3. The molecule has 4 fully saturated rings. The molecule has 8 nitrogen and oxygen atoms in total. The lowest BCUT2D eigenvalue weighted by Crippen LogP contribution is -2.53. The smallest absolute Gasteiger partial charge is 0.260 e. The molecule has 6 atom stereocenters. The van der Waals surface area contributed by atoms with Gasteiger partial charge in [0.2, 0.25) is 11.8 Å². The lowest BCUT2D eigenvalue weighted by Gasteiger charge is -2.50. The Bertz CT molecular complexity index is 1800. The van der Waals surface area contributed by atoms with Crippen LogP contribution in [0.1, 0.15) is 67.6 Å². The van der Waals surface area contributed by atoms with E-state index in [9.17, 15) is 19.5 Å². The first-order chi connectivity index (χ1) is 22.8. The molecule has 3 aromatic carbocycles. The number of benzene rings is 3. The number of imide groups is 2. The summed E-state index contributed by atoms with van der Waals surface area (Å²) < 4.78 is 0. The number of nitrogens with one attached hydrogen (secondary N) is 1. The van der Waals surface area contributed by atoms with Gasteiger partial charge in [0.05, 0.1) is 28.9 Å². The Balaban J connectivity index is 1.30. The van der Waals surface area contributed by atoms with Gasteiger partial charge in [-0.15, -0.1) is 0 Å². The summed E-state index contributed by atoms with van der Waals surface area (Å²) in [5, 5.41) is 11.9. The zero-order valence-electron chi connectivity index (χ0n) is 26.5. The van der Waals surface area contributed by atoms with E-state index in [4.69, 9.17) is 0 Å². The lowest BCUT2D eigenvalue weighted by molar-refractivity contribution is -0.144. The van der Waals surface area contributed by atoms with Crippen LogP contribution in [0.15, 0.2) is 90.5 Å². The number of likely N-dealkylation sites (tertiary alicyclic amines) is 1. The SMILES string of the molecule is Cc1ccc(NN2C(=O)C3CC4C(=CCC5C(=O)N(C6CCCCC6)C(=O)C54)C(c4cccc(O)c4)C3(c3ccccc3)C2=O)cc1. The highest BCUT2D eigenvalue weighted by Crippen LogP contribution is 2.64. The van der Waals surface area contributed by atoms with Gasteiger partial charge in [-0.05, 0) is 73.9 Å². The normalized spacial score (nSPS) is 30.6. The minimum atomic E-state index is -1.34. The molecular formula is C39H39N3O5. The number of aromatic hydroxyl groups is 1. The number of hydrazine groups is 1. The number of hydrogen-bond donors (Lipinski definition) is 2. The summed E-state index contributed by atoms with van der Waals surface area (Å²) in [5.41, 5.74) is 5.78. The number of fused-ring (bicyclic) bond motifs is 4. The first-order valence-corrected chi connectivity index (χ1v) is 16.9. The van der Waals surface area contributed by atoms with Crippen molar-refractivity contribution < 1.29 is 24.3 Å². The largest absolute Gasteiger partial charge is 0.508 e. The third-order valence-electron chi connectivity index (χ3n) is 11.6. The van der Waals surface area contributed by atoms with Crippen LogP contribution in [0.5, 0.6) is 5.75 Å². The molecule has 4 amide bonds. The zero-order valence-corrected chi connectivity index (χ0v) is 26.5. The molecule has 8 rings (SSSR count). The number of phenols is 1. The second kappa shape index (κ2) is 11.2. The molecule has 2 aliphatic heterocycles. The van der Waals surface area contributed by atoms with E-state index in [1.807, 2.05) is 67.6 Å². The average Bonchev–Trinajstić information content (AvgIpc) is 3.47. The Hall–Kier alpha value is -4.72. The van der Waals surface area contributed by atoms with E-state index in [0.717, 1.165) is 43.2 Å². The van der Waals surface area contributed by atoms with Gasteiger partial charge in [0, 0.05) is 12.0 Å². The summed E-state index contributed by atoms with van der Waals surface area (Å²) in [5.74, 6) is -3.79. The molecule has 3 aromatic rings. The third kappa shape index (κ3) is 4.40. The number of nitrogens with zero attached hydrogens (tertiary/aromatic N) is 2. The molecule has 6 unspecified atom stereocenters. The summed E-state index contributed by atoms with van der Waals surface area (Å²) in [6.45, 7) is 1.97. The van der Waals surface area contributed by atoms with Crippen molar-refractivity contribution in [2.45, 2.75) is 69.2 Å². The van der Waals surface area contributed by atoms with Crippen molar-refractivity contribution in [3.8, 4) is 5.75 Å². The number of carbonyl (C=O) groups excluding carboxylic acids is 4. The number of anilines is 1. The molecule has 0 radical (unpaired) electrons. The van der Waals surface area contributed by atoms with Gasteiger partial charge in [0.1, 0.15) is 5.75 Å². The van der Waals surface area contributed by atoms with Crippen LogP contribution >= 0.6 is 0 Å². The van der Waals surface area contributed by atoms with Crippen LogP contribution in [0.3, 0.4) is 0 Å². The maximum absolute atomic E-state index is 15.1. The first-order valence-electron chi connectivity index (χ1n) is 16.9. The Kier molecular flexibility index (Phi) is 7.08. The average molecular weight is 630 g/mol. The molecule has 5 aliphatic rings. The number of phenolic OH excluding ortho intramolecular Hbond substituents is 1. The fraction of sp³-hybridized carbons (Fsp3) is 0.385. The summed E-state index contributed by atoms with van der Waals surface area (Å²) in [4.78, 5) is 59.7. The lowest BCUT2D eigenvalue weighted by atomic mass is 9.49. The van der Waals surface area contributed by atoms with Crippen LogP contribution in [0.25, 0.3) is 0 Å². The third-order valence-corrected chi connectivity index (χ3v) is 11.6. The molecule has 0 aromatic heterocycles. The summed E-state index contributed by atoms with van der Waals surface area (Å²) >= 11 is 0. The predicted octanol–water partition coefficient (Wildman–Crippen LogP) is 6.02. The fourth-order valence-corrected chi connectivity index (χ4v) is 9.55. The van der Waals surface area contributed by atoms with Crippen molar-refractivity contribution in [1.29, 1.82) is 0 Å². The van der Waals surface area contributed by atoms with Crippen molar-refractivity contribution in [2.75, 3.05) is 5.43 Å². The van der Waals surface area contributed by atoms with Crippen LogP contribution in [0, 0.1) is 30.6 Å². The highest BCUT2D eigenvalue weighted by Gasteiger charge is 2.70. The van der Waals surface area contributed by atoms with Crippen LogP contribution in [0.4, 0.5) is 5.69 Å². The van der Waals surface area contributed by atoms with Gasteiger partial charge in [-0.2, -0.15) is 5.01 Å².